The van der Waals surface area contributed by atoms with Crippen molar-refractivity contribution in [2.24, 2.45) is 9.98 Å². The van der Waals surface area contributed by atoms with Crippen LogP contribution in [0.3, 0.4) is 0 Å². The van der Waals surface area contributed by atoms with Crippen molar-refractivity contribution in [2.45, 2.75) is 17.8 Å². The minimum absolute atomic E-state index is 0.0143. The maximum atomic E-state index is 9.82. The third-order valence-corrected chi connectivity index (χ3v) is 2.65. The fraction of sp³-hybridized carbons (Fsp3) is 0.667. The summed E-state index contributed by atoms with van der Waals surface area (Å²) >= 11 is 1.51. The smallest absolute Gasteiger partial charge is 0.211 e. The van der Waals surface area contributed by atoms with Gasteiger partial charge in [-0.25, -0.2) is 14.6 Å². The quantitative estimate of drug-likeness (QED) is 0.447. The molecule has 1 aliphatic heterocycles. The van der Waals surface area contributed by atoms with Crippen molar-refractivity contribution in [1.29, 1.82) is 0 Å². The van der Waals surface area contributed by atoms with Gasteiger partial charge in [0.05, 0.1) is 6.04 Å². The van der Waals surface area contributed by atoms with Crippen LogP contribution in [-0.4, -0.2) is 29.3 Å². The van der Waals surface area contributed by atoms with Crippen LogP contribution in [0.15, 0.2) is 9.98 Å². The second kappa shape index (κ2) is 4.09. The highest BCUT2D eigenvalue weighted by molar-refractivity contribution is 8.00. The summed E-state index contributed by atoms with van der Waals surface area (Å²) in [4.78, 5) is 26.7. The van der Waals surface area contributed by atoms with Gasteiger partial charge in [0, 0.05) is 12.2 Å². The van der Waals surface area contributed by atoms with E-state index in [9.17, 15) is 9.59 Å². The van der Waals surface area contributed by atoms with Crippen molar-refractivity contribution in [3.05, 3.63) is 0 Å². The third kappa shape index (κ3) is 2.31. The summed E-state index contributed by atoms with van der Waals surface area (Å²) in [5.41, 5.74) is 0. The monoisotopic (exact) mass is 170 g/mol. The topological polar surface area (TPSA) is 58.9 Å². The highest BCUT2D eigenvalue weighted by atomic mass is 32.2. The zero-order valence-electron chi connectivity index (χ0n) is 5.69. The van der Waals surface area contributed by atoms with Crippen molar-refractivity contribution >= 4 is 23.9 Å². The van der Waals surface area contributed by atoms with E-state index in [1.165, 1.54) is 23.9 Å². The van der Waals surface area contributed by atoms with Gasteiger partial charge in [-0.3, -0.25) is 0 Å². The minimum atomic E-state index is -0.0606. The van der Waals surface area contributed by atoms with Crippen LogP contribution in [0.4, 0.5) is 0 Å². The Morgan fingerprint density at radius 3 is 2.64 bits per heavy atom. The van der Waals surface area contributed by atoms with E-state index in [0.717, 1.165) is 5.75 Å². The molecule has 1 rings (SSSR count). The number of isocyanates is 2. The molecule has 0 N–H and O–H groups in total. The fourth-order valence-electron chi connectivity index (χ4n) is 0.904. The highest BCUT2D eigenvalue weighted by Gasteiger charge is 2.24. The molecule has 2 unspecified atom stereocenters. The summed E-state index contributed by atoms with van der Waals surface area (Å²) in [7, 11) is 0. The van der Waals surface area contributed by atoms with Crippen LogP contribution in [0.25, 0.3) is 0 Å². The zero-order valence-corrected chi connectivity index (χ0v) is 6.50. The van der Waals surface area contributed by atoms with Crippen molar-refractivity contribution in [3.63, 3.8) is 0 Å². The predicted octanol–water partition coefficient (Wildman–Crippen LogP) is 0.490. The zero-order chi connectivity index (χ0) is 8.10. The molecule has 0 saturated carbocycles. The van der Waals surface area contributed by atoms with Gasteiger partial charge in [0.2, 0.25) is 12.2 Å². The lowest BCUT2D eigenvalue weighted by Gasteiger charge is -1.95. The van der Waals surface area contributed by atoms with Gasteiger partial charge in [0.15, 0.2) is 0 Å². The fourth-order valence-corrected chi connectivity index (χ4v) is 2.03. The summed E-state index contributed by atoms with van der Waals surface area (Å²) in [6, 6.07) is -0.0143. The van der Waals surface area contributed by atoms with Gasteiger partial charge in [-0.2, -0.15) is 4.99 Å². The molecule has 0 radical (unpaired) electrons. The second-order valence-corrected chi connectivity index (χ2v) is 3.33. The highest BCUT2D eigenvalue weighted by Crippen LogP contribution is 2.28. The summed E-state index contributed by atoms with van der Waals surface area (Å²) in [5, 5.41) is -0.0606. The summed E-state index contributed by atoms with van der Waals surface area (Å²) in [6.45, 7) is 0. The number of thioether (sulfide) groups is 1. The number of nitrogens with zero attached hydrogens (tertiary/aromatic N) is 2. The summed E-state index contributed by atoms with van der Waals surface area (Å²) < 4.78 is 0. The standard InChI is InChI=1S/C6H6N2O2S/c9-3-7-5-1-6(8-4-10)11-2-5/h5-6H,1-2H2. The first-order valence-corrected chi connectivity index (χ1v) is 4.17. The predicted molar refractivity (Wildman–Crippen MR) is 40.9 cm³/mol. The lowest BCUT2D eigenvalue weighted by Crippen LogP contribution is -2.02. The van der Waals surface area contributed by atoms with E-state index in [-0.39, 0.29) is 11.4 Å². The Labute approximate surface area is 67.8 Å². The van der Waals surface area contributed by atoms with Gasteiger partial charge < -0.3 is 0 Å². The molecule has 0 spiro atoms. The van der Waals surface area contributed by atoms with E-state index in [4.69, 9.17) is 0 Å². The molecular formula is C6H6N2O2S. The second-order valence-electron chi connectivity index (χ2n) is 2.12. The van der Waals surface area contributed by atoms with E-state index >= 15 is 0 Å². The molecule has 1 fully saturated rings. The average Bonchev–Trinajstić information content (AvgIpc) is 2.38. The molecule has 4 nitrogen and oxygen atoms in total. The molecule has 0 aromatic heterocycles. The Morgan fingerprint density at radius 2 is 2.00 bits per heavy atom. The summed E-state index contributed by atoms with van der Waals surface area (Å²) in [6.07, 6.45) is 3.63. The largest absolute Gasteiger partial charge is 0.236 e. The Balaban J connectivity index is 2.46. The van der Waals surface area contributed by atoms with Gasteiger partial charge in [-0.15, -0.1) is 11.8 Å². The Hall–Kier alpha value is -0.890. The van der Waals surface area contributed by atoms with Gasteiger partial charge in [-0.1, -0.05) is 0 Å². The van der Waals surface area contributed by atoms with E-state index in [1.807, 2.05) is 0 Å². The van der Waals surface area contributed by atoms with Gasteiger partial charge in [-0.05, 0) is 0 Å². The normalized spacial score (nSPS) is 28.7. The van der Waals surface area contributed by atoms with Crippen LogP contribution in [0, 0.1) is 0 Å². The average molecular weight is 170 g/mol. The maximum absolute atomic E-state index is 9.82. The molecule has 5 heteroatoms. The molecule has 0 bridgehead atoms. The third-order valence-electron chi connectivity index (χ3n) is 1.39. The molecule has 0 aromatic rings. The summed E-state index contributed by atoms with van der Waals surface area (Å²) in [5.74, 6) is 0.741. The molecule has 1 aliphatic rings. The van der Waals surface area contributed by atoms with Crippen LogP contribution >= 0.6 is 11.8 Å². The SMILES string of the molecule is O=C=NC1CSC(N=C=O)C1. The molecule has 0 amide bonds. The number of hydrogen-bond donors (Lipinski definition) is 0. The molecule has 1 heterocycles. The molecule has 1 saturated heterocycles. The van der Waals surface area contributed by atoms with Crippen LogP contribution in [0.1, 0.15) is 6.42 Å². The van der Waals surface area contributed by atoms with E-state index in [1.54, 1.807) is 0 Å². The van der Waals surface area contributed by atoms with Gasteiger partial charge >= 0.3 is 0 Å². The first-order chi connectivity index (χ1) is 5.36. The Morgan fingerprint density at radius 1 is 1.27 bits per heavy atom. The van der Waals surface area contributed by atoms with E-state index in [2.05, 4.69) is 9.98 Å². The molecule has 58 valence electrons. The number of hydrogen-bond acceptors (Lipinski definition) is 5. The van der Waals surface area contributed by atoms with Crippen LogP contribution in [-0.2, 0) is 9.59 Å². The number of aliphatic imine (C=N–C) groups is 2. The Bertz CT molecular complexity index is 207. The molecule has 2 atom stereocenters. The molecule has 0 aromatic carbocycles. The number of carbonyl (C=O) groups excluding carboxylic acids is 2. The van der Waals surface area contributed by atoms with E-state index < -0.39 is 0 Å². The van der Waals surface area contributed by atoms with Crippen molar-refractivity contribution in [2.75, 3.05) is 5.75 Å². The first kappa shape index (κ1) is 8.21. The van der Waals surface area contributed by atoms with Crippen molar-refractivity contribution in [3.8, 4) is 0 Å². The van der Waals surface area contributed by atoms with Gasteiger partial charge in [0.25, 0.3) is 0 Å². The van der Waals surface area contributed by atoms with Crippen molar-refractivity contribution < 1.29 is 9.59 Å². The lowest BCUT2D eigenvalue weighted by atomic mass is 10.2. The minimum Gasteiger partial charge on any atom is -0.211 e. The number of rotatable bonds is 2. The van der Waals surface area contributed by atoms with Crippen LogP contribution < -0.4 is 0 Å². The van der Waals surface area contributed by atoms with Crippen LogP contribution in [0.5, 0.6) is 0 Å². The van der Waals surface area contributed by atoms with Crippen LogP contribution in [0.2, 0.25) is 0 Å². The maximum Gasteiger partial charge on any atom is 0.236 e. The van der Waals surface area contributed by atoms with Gasteiger partial charge in [0.1, 0.15) is 5.37 Å². The lowest BCUT2D eigenvalue weighted by molar-refractivity contribution is 0.555. The molecule has 0 aliphatic carbocycles. The Kier molecular flexibility index (Phi) is 3.05. The van der Waals surface area contributed by atoms with Crippen molar-refractivity contribution in [1.82, 2.24) is 0 Å². The van der Waals surface area contributed by atoms with E-state index in [0.29, 0.717) is 6.42 Å². The first-order valence-electron chi connectivity index (χ1n) is 3.12. The molecule has 11 heavy (non-hydrogen) atoms. The molecular weight excluding hydrogens is 164 g/mol.